The Balaban J connectivity index is 1.25. The molecule has 0 N–H and O–H groups in total. The molecule has 11 heteroatoms. The van der Waals surface area contributed by atoms with Crippen LogP contribution in [0, 0.1) is 11.6 Å². The van der Waals surface area contributed by atoms with Crippen molar-refractivity contribution in [2.45, 2.75) is 24.9 Å². The van der Waals surface area contributed by atoms with Crippen molar-refractivity contribution in [3.05, 3.63) is 76.1 Å². The molecule has 1 aromatic carbocycles. The van der Waals surface area contributed by atoms with Gasteiger partial charge in [-0.05, 0) is 48.1 Å². The number of hydrogen-bond acceptors (Lipinski definition) is 4. The fourth-order valence-corrected chi connectivity index (χ4v) is 5.07. The Bertz CT molecular complexity index is 1280. The predicted molar refractivity (Wildman–Crippen MR) is 119 cm³/mol. The lowest BCUT2D eigenvalue weighted by atomic mass is 9.85. The highest BCUT2D eigenvalue weighted by atomic mass is 19.4. The number of nitrogens with zero attached hydrogens (tertiary/aromatic N) is 4. The first-order valence-electron chi connectivity index (χ1n) is 11.5. The number of rotatable bonds is 3. The van der Waals surface area contributed by atoms with Crippen molar-refractivity contribution in [2.75, 3.05) is 32.7 Å². The lowest BCUT2D eigenvalue weighted by molar-refractivity contribution is -0.141. The molecule has 0 saturated carbocycles. The second-order valence-electron chi connectivity index (χ2n) is 9.01. The molecule has 0 bridgehead atoms. The van der Waals surface area contributed by atoms with Crippen LogP contribution in [0.1, 0.15) is 40.4 Å². The van der Waals surface area contributed by atoms with Gasteiger partial charge in [-0.3, -0.25) is 19.6 Å². The van der Waals surface area contributed by atoms with E-state index in [0.717, 1.165) is 11.6 Å². The van der Waals surface area contributed by atoms with Gasteiger partial charge in [0.1, 0.15) is 11.4 Å². The summed E-state index contributed by atoms with van der Waals surface area (Å²) < 4.78 is 67.9. The summed E-state index contributed by atoms with van der Waals surface area (Å²) in [6, 6.07) is 6.73. The molecular weight excluding hydrogens is 483 g/mol. The van der Waals surface area contributed by atoms with Crippen LogP contribution in [0.3, 0.4) is 0 Å². The van der Waals surface area contributed by atoms with Crippen LogP contribution in [0.2, 0.25) is 0 Å². The van der Waals surface area contributed by atoms with Crippen molar-refractivity contribution in [1.82, 2.24) is 14.8 Å². The topological polar surface area (TPSA) is 65.9 Å². The number of halogens is 5. The summed E-state index contributed by atoms with van der Waals surface area (Å²) in [4.78, 5) is 37.5. The van der Waals surface area contributed by atoms with E-state index in [9.17, 15) is 31.5 Å². The first-order valence-corrected chi connectivity index (χ1v) is 11.5. The Morgan fingerprint density at radius 1 is 0.944 bits per heavy atom. The van der Waals surface area contributed by atoms with E-state index >= 15 is 0 Å². The minimum Gasteiger partial charge on any atom is -0.337 e. The smallest absolute Gasteiger partial charge is 0.337 e. The molecule has 0 spiro atoms. The lowest BCUT2D eigenvalue weighted by Gasteiger charge is -2.33. The molecule has 0 aliphatic carbocycles. The quantitative estimate of drug-likeness (QED) is 0.594. The second kappa shape index (κ2) is 9.11. The number of piperidine rings is 1. The predicted octanol–water partition coefficient (Wildman–Crippen LogP) is 3.99. The summed E-state index contributed by atoms with van der Waals surface area (Å²) in [6.07, 6.45) is -3.16. The van der Waals surface area contributed by atoms with Gasteiger partial charge in [0.15, 0.2) is 11.6 Å². The van der Waals surface area contributed by atoms with Gasteiger partial charge in [0.2, 0.25) is 0 Å². The Labute approximate surface area is 203 Å². The summed E-state index contributed by atoms with van der Waals surface area (Å²) in [6.45, 7) is 1.19. The lowest BCUT2D eigenvalue weighted by Crippen LogP contribution is -2.43. The zero-order chi connectivity index (χ0) is 25.6. The highest BCUT2D eigenvalue weighted by Gasteiger charge is 2.41. The average molecular weight is 504 g/mol. The van der Waals surface area contributed by atoms with Crippen LogP contribution < -0.4 is 0 Å². The average Bonchev–Trinajstić information content (AvgIpc) is 3.46. The molecule has 5 rings (SSSR count). The zero-order valence-electron chi connectivity index (χ0n) is 19.0. The molecule has 0 unspecified atom stereocenters. The molecule has 6 nitrogen and oxygen atoms in total. The molecule has 188 valence electrons. The van der Waals surface area contributed by atoms with Crippen LogP contribution >= 0.6 is 0 Å². The molecule has 3 aliphatic rings. The Kier molecular flexibility index (Phi) is 6.09. The van der Waals surface area contributed by atoms with Crippen LogP contribution in [-0.2, 0) is 11.0 Å². The maximum atomic E-state index is 14.0. The number of likely N-dealkylation sites (tertiary alicyclic amines) is 1. The Morgan fingerprint density at radius 3 is 2.36 bits per heavy atom. The van der Waals surface area contributed by atoms with Crippen molar-refractivity contribution in [2.24, 2.45) is 4.99 Å². The van der Waals surface area contributed by atoms with E-state index in [2.05, 4.69) is 9.98 Å². The highest BCUT2D eigenvalue weighted by molar-refractivity contribution is 6.46. The molecule has 4 heterocycles. The molecule has 2 aromatic rings. The van der Waals surface area contributed by atoms with E-state index in [1.165, 1.54) is 11.1 Å². The molecule has 1 fully saturated rings. The third-order valence-electron chi connectivity index (χ3n) is 6.88. The molecule has 1 aromatic heterocycles. The van der Waals surface area contributed by atoms with Crippen molar-refractivity contribution in [1.29, 1.82) is 0 Å². The summed E-state index contributed by atoms with van der Waals surface area (Å²) in [5.74, 6) is -4.70. The van der Waals surface area contributed by atoms with Crippen LogP contribution in [0.25, 0.3) is 0 Å². The van der Waals surface area contributed by atoms with Crippen LogP contribution in [0.4, 0.5) is 22.0 Å². The number of aliphatic imine (C=N–C) groups is 1. The summed E-state index contributed by atoms with van der Waals surface area (Å²) >= 11 is 0. The van der Waals surface area contributed by atoms with Gasteiger partial charge < -0.3 is 9.80 Å². The fraction of sp³-hybridized carbons (Fsp3) is 0.360. The van der Waals surface area contributed by atoms with Gasteiger partial charge in [0, 0.05) is 37.9 Å². The number of aromatic nitrogens is 1. The number of carbonyl (C=O) groups excluding carboxylic acids is 2. The third kappa shape index (κ3) is 4.27. The monoisotopic (exact) mass is 504 g/mol. The summed E-state index contributed by atoms with van der Waals surface area (Å²) in [5.41, 5.74) is 0.284. The van der Waals surface area contributed by atoms with Crippen LogP contribution in [-0.4, -0.2) is 65.0 Å². The first-order chi connectivity index (χ1) is 17.1. The normalized spacial score (nSPS) is 18.5. The number of alkyl halides is 3. The molecular formula is C25H21F5N4O2. The molecule has 3 aliphatic heterocycles. The Hall–Kier alpha value is -3.63. The van der Waals surface area contributed by atoms with Crippen LogP contribution in [0.15, 0.2) is 52.7 Å². The maximum absolute atomic E-state index is 14.0. The van der Waals surface area contributed by atoms with E-state index < -0.39 is 29.3 Å². The van der Waals surface area contributed by atoms with E-state index in [0.29, 0.717) is 30.4 Å². The van der Waals surface area contributed by atoms with Crippen molar-refractivity contribution >= 4 is 17.5 Å². The number of pyridine rings is 1. The zero-order valence-corrected chi connectivity index (χ0v) is 19.0. The summed E-state index contributed by atoms with van der Waals surface area (Å²) in [7, 11) is 0. The molecule has 0 radical (unpaired) electrons. The van der Waals surface area contributed by atoms with Crippen molar-refractivity contribution in [3.8, 4) is 0 Å². The van der Waals surface area contributed by atoms with Gasteiger partial charge in [-0.25, -0.2) is 8.78 Å². The first kappa shape index (κ1) is 24.1. The minimum atomic E-state index is -5.03. The fourth-order valence-electron chi connectivity index (χ4n) is 5.07. The second-order valence-corrected chi connectivity index (χ2v) is 9.01. The number of hydrogen-bond donors (Lipinski definition) is 0. The minimum absolute atomic E-state index is 0.151. The van der Waals surface area contributed by atoms with Crippen molar-refractivity contribution in [3.63, 3.8) is 0 Å². The number of carbonyl (C=O) groups is 2. The highest BCUT2D eigenvalue weighted by Crippen LogP contribution is 2.41. The van der Waals surface area contributed by atoms with E-state index in [1.54, 1.807) is 23.1 Å². The number of benzene rings is 1. The van der Waals surface area contributed by atoms with E-state index in [-0.39, 0.29) is 55.6 Å². The van der Waals surface area contributed by atoms with Gasteiger partial charge in [-0.2, -0.15) is 13.2 Å². The van der Waals surface area contributed by atoms with E-state index in [4.69, 9.17) is 0 Å². The Morgan fingerprint density at radius 2 is 1.69 bits per heavy atom. The van der Waals surface area contributed by atoms with Gasteiger partial charge in [-0.1, -0.05) is 12.1 Å². The van der Waals surface area contributed by atoms with Gasteiger partial charge in [0.05, 0.1) is 12.1 Å². The SMILES string of the molecule is O=C(C1=NCC2=C1CN(C(=O)c1ccccn1)C2)N1CCC(c2ccc(F)c(F)c2C(F)(F)F)CC1. The standard InChI is InChI=1S/C25H21F5N4O2/c26-18-5-4-16(20(21(18)27)25(28,29)30)14-6-9-33(10-7-14)24(36)22-17-13-34(12-15(17)11-32-22)23(35)19-3-1-2-8-31-19/h1-5,8,14H,6-7,9-13H2. The molecule has 36 heavy (non-hydrogen) atoms. The van der Waals surface area contributed by atoms with Crippen LogP contribution in [0.5, 0.6) is 0 Å². The largest absolute Gasteiger partial charge is 0.419 e. The van der Waals surface area contributed by atoms with Gasteiger partial charge >= 0.3 is 6.18 Å². The molecule has 0 atom stereocenters. The molecule has 1 saturated heterocycles. The molecule has 2 amide bonds. The van der Waals surface area contributed by atoms with E-state index in [1.807, 2.05) is 0 Å². The van der Waals surface area contributed by atoms with Gasteiger partial charge in [-0.15, -0.1) is 0 Å². The number of amides is 2. The maximum Gasteiger partial charge on any atom is 0.419 e. The van der Waals surface area contributed by atoms with Crippen molar-refractivity contribution < 1.29 is 31.5 Å². The third-order valence-corrected chi connectivity index (χ3v) is 6.88. The van der Waals surface area contributed by atoms with Gasteiger partial charge in [0.25, 0.3) is 11.8 Å². The summed E-state index contributed by atoms with van der Waals surface area (Å²) in [5, 5.41) is 0.